The molecule has 2 N–H and O–H groups in total. The molecule has 0 radical (unpaired) electrons. The lowest BCUT2D eigenvalue weighted by Gasteiger charge is -2.65. The molecule has 4 bridgehead atoms. The summed E-state index contributed by atoms with van der Waals surface area (Å²) in [6.07, 6.45) is 9.68. The van der Waals surface area contributed by atoms with Crippen LogP contribution in [0.15, 0.2) is 0 Å². The zero-order valence-corrected chi connectivity index (χ0v) is 12.7. The van der Waals surface area contributed by atoms with Gasteiger partial charge in [0, 0.05) is 6.42 Å². The summed E-state index contributed by atoms with van der Waals surface area (Å²) >= 11 is 1.51. The first-order valence-electron chi connectivity index (χ1n) is 7.46. The van der Waals surface area contributed by atoms with Gasteiger partial charge in [0.25, 0.3) is 0 Å². The van der Waals surface area contributed by atoms with Crippen LogP contribution in [0, 0.1) is 22.2 Å². The molecule has 0 aromatic carbocycles. The van der Waals surface area contributed by atoms with E-state index in [4.69, 9.17) is 5.73 Å². The van der Waals surface area contributed by atoms with Gasteiger partial charge in [0.15, 0.2) is 0 Å². The molecule has 4 aliphatic carbocycles. The van der Waals surface area contributed by atoms with Crippen molar-refractivity contribution in [2.45, 2.75) is 58.8 Å². The molecule has 0 aliphatic heterocycles. The third-order valence-corrected chi connectivity index (χ3v) is 6.48. The van der Waals surface area contributed by atoms with Crippen LogP contribution in [0.25, 0.3) is 0 Å². The van der Waals surface area contributed by atoms with Crippen LogP contribution in [0.2, 0.25) is 0 Å². The number of aromatic nitrogens is 2. The molecule has 1 aromatic rings. The third-order valence-electron chi connectivity index (χ3n) is 5.75. The van der Waals surface area contributed by atoms with E-state index in [2.05, 4.69) is 23.2 Å². The first-order chi connectivity index (χ1) is 8.88. The smallest absolute Gasteiger partial charge is 0.232 e. The minimum absolute atomic E-state index is 0.460. The van der Waals surface area contributed by atoms with Crippen LogP contribution >= 0.6 is 11.5 Å². The second-order valence-electron chi connectivity index (χ2n) is 8.35. The van der Waals surface area contributed by atoms with Crippen LogP contribution in [0.3, 0.4) is 0 Å². The number of hydrogen-bond donors (Lipinski definition) is 1. The maximum absolute atomic E-state index is 5.69. The predicted molar refractivity (Wildman–Crippen MR) is 77.9 cm³/mol. The highest BCUT2D eigenvalue weighted by atomic mass is 32.1. The molecule has 3 nitrogen and oxygen atoms in total. The van der Waals surface area contributed by atoms with E-state index in [1.807, 2.05) is 0 Å². The van der Waals surface area contributed by atoms with Crippen molar-refractivity contribution in [1.29, 1.82) is 0 Å². The van der Waals surface area contributed by atoms with Crippen molar-refractivity contribution < 1.29 is 0 Å². The predicted octanol–water partition coefficient (Wildman–Crippen LogP) is 3.66. The lowest BCUT2D eigenvalue weighted by atomic mass is 9.40. The Hall–Kier alpha value is -0.640. The fraction of sp³-hybridized carbons (Fsp3) is 0.867. The largest absolute Gasteiger partial charge is 0.367 e. The van der Waals surface area contributed by atoms with Gasteiger partial charge in [-0.3, -0.25) is 0 Å². The average Bonchev–Trinajstić information content (AvgIpc) is 2.56. The second kappa shape index (κ2) is 3.51. The van der Waals surface area contributed by atoms with Crippen LogP contribution < -0.4 is 5.73 Å². The maximum Gasteiger partial charge on any atom is 0.232 e. The summed E-state index contributed by atoms with van der Waals surface area (Å²) in [6.45, 7) is 5.05. The molecule has 5 rings (SSSR count). The summed E-state index contributed by atoms with van der Waals surface area (Å²) in [5.41, 5.74) is 7.36. The molecule has 19 heavy (non-hydrogen) atoms. The monoisotopic (exact) mass is 277 g/mol. The zero-order chi connectivity index (χ0) is 13.3. The fourth-order valence-electron chi connectivity index (χ4n) is 6.54. The molecule has 104 valence electrons. The van der Waals surface area contributed by atoms with E-state index in [1.165, 1.54) is 50.1 Å². The molecule has 2 unspecified atom stereocenters. The van der Waals surface area contributed by atoms with Crippen LogP contribution in [0.5, 0.6) is 0 Å². The fourth-order valence-corrected chi connectivity index (χ4v) is 7.29. The summed E-state index contributed by atoms with van der Waals surface area (Å²) in [5, 5.41) is 1.16. The van der Waals surface area contributed by atoms with Crippen LogP contribution in [-0.2, 0) is 6.42 Å². The van der Waals surface area contributed by atoms with Gasteiger partial charge in [-0.15, -0.1) is 0 Å². The highest BCUT2D eigenvalue weighted by molar-refractivity contribution is 7.05. The molecule has 0 spiro atoms. The van der Waals surface area contributed by atoms with Crippen molar-refractivity contribution in [2.75, 3.05) is 5.73 Å². The maximum atomic E-state index is 5.69. The van der Waals surface area contributed by atoms with Gasteiger partial charge in [0.05, 0.1) is 0 Å². The molecule has 0 saturated heterocycles. The Morgan fingerprint density at radius 1 is 1.16 bits per heavy atom. The Balaban J connectivity index is 1.67. The molecule has 0 amide bonds. The zero-order valence-electron chi connectivity index (χ0n) is 11.9. The lowest BCUT2D eigenvalue weighted by molar-refractivity contribution is -0.144. The van der Waals surface area contributed by atoms with Crippen molar-refractivity contribution in [3.8, 4) is 0 Å². The van der Waals surface area contributed by atoms with Gasteiger partial charge in [0.2, 0.25) is 5.95 Å². The number of hydrogen-bond acceptors (Lipinski definition) is 4. The SMILES string of the molecule is CC12CC3CC(C)(C1)CC(Cc1nc(N)ns1)(C3)C2. The highest BCUT2D eigenvalue weighted by Gasteiger charge is 2.59. The van der Waals surface area contributed by atoms with Gasteiger partial charge in [0.1, 0.15) is 5.01 Å². The molecule has 4 fully saturated rings. The van der Waals surface area contributed by atoms with E-state index in [1.54, 1.807) is 0 Å². The van der Waals surface area contributed by atoms with E-state index in [9.17, 15) is 0 Å². The van der Waals surface area contributed by atoms with Crippen LogP contribution in [0.1, 0.15) is 57.4 Å². The summed E-state index contributed by atoms with van der Waals surface area (Å²) in [7, 11) is 0. The third kappa shape index (κ3) is 1.91. The van der Waals surface area contributed by atoms with Gasteiger partial charge in [-0.2, -0.15) is 4.37 Å². The van der Waals surface area contributed by atoms with Gasteiger partial charge < -0.3 is 5.73 Å². The molecule has 1 aromatic heterocycles. The summed E-state index contributed by atoms with van der Waals surface area (Å²) in [6, 6.07) is 0. The Kier molecular flexibility index (Phi) is 2.24. The summed E-state index contributed by atoms with van der Waals surface area (Å²) in [4.78, 5) is 4.42. The van der Waals surface area contributed by atoms with Crippen molar-refractivity contribution in [1.82, 2.24) is 9.36 Å². The Morgan fingerprint density at radius 3 is 2.37 bits per heavy atom. The number of nitrogens with two attached hydrogens (primary N) is 1. The quantitative estimate of drug-likeness (QED) is 0.897. The average molecular weight is 277 g/mol. The van der Waals surface area contributed by atoms with E-state index in [-0.39, 0.29) is 0 Å². The van der Waals surface area contributed by atoms with E-state index in [0.717, 1.165) is 17.3 Å². The lowest BCUT2D eigenvalue weighted by Crippen LogP contribution is -2.55. The molecule has 4 saturated carbocycles. The molecule has 1 heterocycles. The Labute approximate surface area is 119 Å². The van der Waals surface area contributed by atoms with E-state index in [0.29, 0.717) is 22.2 Å². The van der Waals surface area contributed by atoms with Gasteiger partial charge in [-0.05, 0) is 72.2 Å². The Morgan fingerprint density at radius 2 is 1.84 bits per heavy atom. The number of nitrogens with zero attached hydrogens (tertiary/aromatic N) is 2. The van der Waals surface area contributed by atoms with Gasteiger partial charge in [-0.1, -0.05) is 13.8 Å². The minimum atomic E-state index is 0.460. The number of rotatable bonds is 2. The van der Waals surface area contributed by atoms with Gasteiger partial charge >= 0.3 is 0 Å². The van der Waals surface area contributed by atoms with Crippen LogP contribution in [-0.4, -0.2) is 9.36 Å². The summed E-state index contributed by atoms with van der Waals surface area (Å²) in [5.74, 6) is 1.42. The van der Waals surface area contributed by atoms with Crippen molar-refractivity contribution >= 4 is 17.5 Å². The molecule has 2 atom stereocenters. The van der Waals surface area contributed by atoms with Crippen molar-refractivity contribution in [3.05, 3.63) is 5.01 Å². The van der Waals surface area contributed by atoms with E-state index < -0.39 is 0 Å². The van der Waals surface area contributed by atoms with E-state index >= 15 is 0 Å². The molecule has 4 heteroatoms. The van der Waals surface area contributed by atoms with Gasteiger partial charge in [-0.25, -0.2) is 4.98 Å². The molecular weight excluding hydrogens is 254 g/mol. The van der Waals surface area contributed by atoms with Crippen molar-refractivity contribution in [2.24, 2.45) is 22.2 Å². The standard InChI is InChI=1S/C15H23N3S/c1-13-3-10-4-14(2,7-13)9-15(5-10,8-13)6-11-17-12(16)18-19-11/h10H,3-9H2,1-2H3,(H2,16,18). The first kappa shape index (κ1) is 12.1. The second-order valence-corrected chi connectivity index (χ2v) is 9.19. The number of anilines is 1. The minimum Gasteiger partial charge on any atom is -0.367 e. The van der Waals surface area contributed by atoms with Crippen LogP contribution in [0.4, 0.5) is 5.95 Å². The highest BCUT2D eigenvalue weighted by Crippen LogP contribution is 2.70. The topological polar surface area (TPSA) is 51.8 Å². The first-order valence-corrected chi connectivity index (χ1v) is 8.23. The molecular formula is C15H23N3S. The Bertz CT molecular complexity index is 505. The summed E-state index contributed by atoms with van der Waals surface area (Å²) < 4.78 is 4.16. The van der Waals surface area contributed by atoms with Crippen molar-refractivity contribution in [3.63, 3.8) is 0 Å². The normalized spacial score (nSPS) is 47.8. The number of nitrogen functional groups attached to an aromatic ring is 1. The molecule has 4 aliphatic rings.